The van der Waals surface area contributed by atoms with Gasteiger partial charge in [0.05, 0.1) is 6.54 Å². The lowest BCUT2D eigenvalue weighted by atomic mass is 10.1. The second kappa shape index (κ2) is 10.0. The second-order valence-corrected chi connectivity index (χ2v) is 7.33. The quantitative estimate of drug-likeness (QED) is 0.520. The van der Waals surface area contributed by atoms with Crippen LogP contribution in [0.3, 0.4) is 0 Å². The highest BCUT2D eigenvalue weighted by Gasteiger charge is 2.11. The van der Waals surface area contributed by atoms with Crippen LogP contribution in [0.4, 0.5) is 0 Å². The first-order valence-corrected chi connectivity index (χ1v) is 8.79. The van der Waals surface area contributed by atoms with Gasteiger partial charge in [0.1, 0.15) is 0 Å². The summed E-state index contributed by atoms with van der Waals surface area (Å²) in [6, 6.07) is 7.61. The first-order chi connectivity index (χ1) is 11.7. The van der Waals surface area contributed by atoms with Crippen LogP contribution in [-0.2, 0) is 6.54 Å². The lowest BCUT2D eigenvalue weighted by Crippen LogP contribution is -2.47. The van der Waals surface area contributed by atoms with Crippen LogP contribution >= 0.6 is 0 Å². The average molecular weight is 348 g/mol. The summed E-state index contributed by atoms with van der Waals surface area (Å²) in [6.45, 7) is 11.1. The Bertz CT molecular complexity index is 575. The molecule has 0 saturated carbocycles. The fourth-order valence-corrected chi connectivity index (χ4v) is 2.14. The van der Waals surface area contributed by atoms with Crippen molar-refractivity contribution in [2.45, 2.75) is 39.8 Å². The monoisotopic (exact) mass is 347 g/mol. The van der Waals surface area contributed by atoms with E-state index in [1.807, 2.05) is 50.2 Å². The van der Waals surface area contributed by atoms with Crippen molar-refractivity contribution in [1.82, 2.24) is 20.9 Å². The summed E-state index contributed by atoms with van der Waals surface area (Å²) in [4.78, 5) is 18.9. The SMILES string of the molecule is CCNC(=NCc1cccc(C(=O)NCCN(C)C)c1)NC(C)(C)C. The van der Waals surface area contributed by atoms with E-state index in [1.54, 1.807) is 0 Å². The molecular weight excluding hydrogens is 314 g/mol. The summed E-state index contributed by atoms with van der Waals surface area (Å²) >= 11 is 0. The largest absolute Gasteiger partial charge is 0.357 e. The van der Waals surface area contributed by atoms with Crippen molar-refractivity contribution in [3.05, 3.63) is 35.4 Å². The first-order valence-electron chi connectivity index (χ1n) is 8.79. The Morgan fingerprint density at radius 3 is 2.52 bits per heavy atom. The number of hydrogen-bond donors (Lipinski definition) is 3. The van der Waals surface area contributed by atoms with E-state index in [9.17, 15) is 4.79 Å². The van der Waals surface area contributed by atoms with Crippen molar-refractivity contribution in [1.29, 1.82) is 0 Å². The Hall–Kier alpha value is -2.08. The third-order valence-corrected chi connectivity index (χ3v) is 3.29. The number of carbonyl (C=O) groups excluding carboxylic acids is 1. The van der Waals surface area contributed by atoms with Gasteiger partial charge in [-0.1, -0.05) is 12.1 Å². The van der Waals surface area contributed by atoms with Crippen molar-refractivity contribution < 1.29 is 4.79 Å². The minimum atomic E-state index is -0.0603. The van der Waals surface area contributed by atoms with Crippen molar-refractivity contribution in [3.8, 4) is 0 Å². The number of likely N-dealkylation sites (N-methyl/N-ethyl adjacent to an activating group) is 1. The zero-order valence-corrected chi connectivity index (χ0v) is 16.4. The molecule has 1 aromatic carbocycles. The van der Waals surface area contributed by atoms with Gasteiger partial charge >= 0.3 is 0 Å². The number of amides is 1. The van der Waals surface area contributed by atoms with Crippen LogP contribution in [0.15, 0.2) is 29.3 Å². The lowest BCUT2D eigenvalue weighted by Gasteiger charge is -2.23. The van der Waals surface area contributed by atoms with E-state index in [2.05, 4.69) is 41.7 Å². The molecule has 0 unspecified atom stereocenters. The predicted molar refractivity (Wildman–Crippen MR) is 105 cm³/mol. The minimum Gasteiger partial charge on any atom is -0.357 e. The molecule has 3 N–H and O–H groups in total. The summed E-state index contributed by atoms with van der Waals surface area (Å²) in [6.07, 6.45) is 0. The highest BCUT2D eigenvalue weighted by molar-refractivity contribution is 5.94. The molecule has 0 fully saturated rings. The fraction of sp³-hybridized carbons (Fsp3) is 0.579. The first kappa shape index (κ1) is 21.0. The molecule has 0 radical (unpaired) electrons. The molecule has 140 valence electrons. The molecule has 0 aliphatic heterocycles. The summed E-state index contributed by atoms with van der Waals surface area (Å²) < 4.78 is 0. The molecule has 1 rings (SSSR count). The summed E-state index contributed by atoms with van der Waals surface area (Å²) in [5, 5.41) is 9.53. The summed E-state index contributed by atoms with van der Waals surface area (Å²) in [7, 11) is 3.97. The number of nitrogens with one attached hydrogen (secondary N) is 3. The number of hydrogen-bond acceptors (Lipinski definition) is 3. The van der Waals surface area contributed by atoms with Crippen LogP contribution in [0.1, 0.15) is 43.6 Å². The van der Waals surface area contributed by atoms with E-state index < -0.39 is 0 Å². The fourth-order valence-electron chi connectivity index (χ4n) is 2.14. The average Bonchev–Trinajstić information content (AvgIpc) is 2.51. The Balaban J connectivity index is 2.72. The topological polar surface area (TPSA) is 68.8 Å². The molecule has 6 heteroatoms. The number of benzene rings is 1. The molecule has 25 heavy (non-hydrogen) atoms. The molecular formula is C19H33N5O. The van der Waals surface area contributed by atoms with Gasteiger partial charge in [-0.15, -0.1) is 0 Å². The van der Waals surface area contributed by atoms with Crippen LogP contribution in [-0.4, -0.2) is 56.0 Å². The second-order valence-electron chi connectivity index (χ2n) is 7.33. The van der Waals surface area contributed by atoms with Gasteiger partial charge in [0.2, 0.25) is 0 Å². The number of rotatable bonds is 7. The molecule has 0 aromatic heterocycles. The Kier molecular flexibility index (Phi) is 8.41. The molecule has 6 nitrogen and oxygen atoms in total. The van der Waals surface area contributed by atoms with Crippen LogP contribution in [0.5, 0.6) is 0 Å². The van der Waals surface area contributed by atoms with E-state index in [0.717, 1.165) is 24.6 Å². The van der Waals surface area contributed by atoms with Crippen molar-refractivity contribution >= 4 is 11.9 Å². The van der Waals surface area contributed by atoms with Crippen LogP contribution < -0.4 is 16.0 Å². The van der Waals surface area contributed by atoms with E-state index in [0.29, 0.717) is 18.7 Å². The lowest BCUT2D eigenvalue weighted by molar-refractivity contribution is 0.0951. The zero-order chi connectivity index (χ0) is 18.9. The van der Waals surface area contributed by atoms with Gasteiger partial charge in [-0.2, -0.15) is 0 Å². The normalized spacial score (nSPS) is 12.2. The molecule has 0 spiro atoms. The third-order valence-electron chi connectivity index (χ3n) is 3.29. The van der Waals surface area contributed by atoms with Gasteiger partial charge in [-0.05, 0) is 59.5 Å². The van der Waals surface area contributed by atoms with Gasteiger partial charge in [0.25, 0.3) is 5.91 Å². The van der Waals surface area contributed by atoms with Crippen molar-refractivity contribution in [2.24, 2.45) is 4.99 Å². The molecule has 0 aliphatic carbocycles. The predicted octanol–water partition coefficient (Wildman–Crippen LogP) is 1.83. The number of aliphatic imine (C=N–C) groups is 1. The maximum atomic E-state index is 12.2. The van der Waals surface area contributed by atoms with Gasteiger partial charge in [0, 0.05) is 30.7 Å². The Morgan fingerprint density at radius 1 is 1.20 bits per heavy atom. The standard InChI is InChI=1S/C19H33N5O/c1-7-20-18(23-19(2,3)4)22-14-15-9-8-10-16(13-15)17(25)21-11-12-24(5)6/h8-10,13H,7,11-12,14H2,1-6H3,(H,21,25)(H2,20,22,23). The van der Waals surface area contributed by atoms with Gasteiger partial charge in [-0.25, -0.2) is 4.99 Å². The van der Waals surface area contributed by atoms with Crippen LogP contribution in [0, 0.1) is 0 Å². The van der Waals surface area contributed by atoms with E-state index in [-0.39, 0.29) is 11.4 Å². The van der Waals surface area contributed by atoms with Gasteiger partial charge in [-0.3, -0.25) is 4.79 Å². The van der Waals surface area contributed by atoms with Crippen molar-refractivity contribution in [2.75, 3.05) is 33.7 Å². The zero-order valence-electron chi connectivity index (χ0n) is 16.4. The minimum absolute atomic E-state index is 0.0487. The summed E-state index contributed by atoms with van der Waals surface area (Å²) in [5.41, 5.74) is 1.61. The molecule has 1 amide bonds. The van der Waals surface area contributed by atoms with Crippen molar-refractivity contribution in [3.63, 3.8) is 0 Å². The van der Waals surface area contributed by atoms with E-state index in [4.69, 9.17) is 0 Å². The third kappa shape index (κ3) is 9.10. The Labute approximate surface area is 152 Å². The van der Waals surface area contributed by atoms with E-state index in [1.165, 1.54) is 0 Å². The van der Waals surface area contributed by atoms with Crippen LogP contribution in [0.25, 0.3) is 0 Å². The molecule has 0 saturated heterocycles. The summed E-state index contributed by atoms with van der Waals surface area (Å²) in [5.74, 6) is 0.725. The molecule has 1 aromatic rings. The smallest absolute Gasteiger partial charge is 0.251 e. The maximum Gasteiger partial charge on any atom is 0.251 e. The van der Waals surface area contributed by atoms with Crippen LogP contribution in [0.2, 0.25) is 0 Å². The molecule has 0 atom stereocenters. The molecule has 0 heterocycles. The molecule has 0 aliphatic rings. The van der Waals surface area contributed by atoms with Gasteiger partial charge in [0.15, 0.2) is 5.96 Å². The maximum absolute atomic E-state index is 12.2. The number of nitrogens with zero attached hydrogens (tertiary/aromatic N) is 2. The molecule has 0 bridgehead atoms. The highest BCUT2D eigenvalue weighted by Crippen LogP contribution is 2.07. The number of guanidine groups is 1. The van der Waals surface area contributed by atoms with Gasteiger partial charge < -0.3 is 20.9 Å². The number of carbonyl (C=O) groups is 1. The Morgan fingerprint density at radius 2 is 1.92 bits per heavy atom. The highest BCUT2D eigenvalue weighted by atomic mass is 16.1. The van der Waals surface area contributed by atoms with E-state index >= 15 is 0 Å².